The Morgan fingerprint density at radius 1 is 1.39 bits per heavy atom. The highest BCUT2D eigenvalue weighted by Crippen LogP contribution is 2.28. The van der Waals surface area contributed by atoms with Gasteiger partial charge in [0.05, 0.1) is 12.0 Å². The normalized spacial score (nSPS) is 10.4. The fourth-order valence-electron chi connectivity index (χ4n) is 1.78. The highest BCUT2D eigenvalue weighted by molar-refractivity contribution is 9.10. The smallest absolute Gasteiger partial charge is 0.275 e. The van der Waals surface area contributed by atoms with Crippen molar-refractivity contribution >= 4 is 27.5 Å². The number of nitrogens with zero attached hydrogens (tertiary/aromatic N) is 2. The Balaban J connectivity index is 2.27. The van der Waals surface area contributed by atoms with Crippen LogP contribution in [0.15, 0.2) is 29.1 Å². The van der Waals surface area contributed by atoms with E-state index in [4.69, 9.17) is 0 Å². The molecule has 2 aromatic rings. The summed E-state index contributed by atoms with van der Waals surface area (Å²) in [6, 6.07) is 4.00. The van der Waals surface area contributed by atoms with Crippen molar-refractivity contribution in [3.63, 3.8) is 0 Å². The molecular weight excluding hydrogens is 294 g/mol. The van der Waals surface area contributed by atoms with Crippen LogP contribution < -0.4 is 5.32 Å². The summed E-state index contributed by atoms with van der Waals surface area (Å²) in [4.78, 5) is 16.0. The van der Waals surface area contributed by atoms with Crippen LogP contribution in [-0.4, -0.2) is 15.5 Å². The van der Waals surface area contributed by atoms with Gasteiger partial charge in [0.15, 0.2) is 0 Å². The van der Waals surface area contributed by atoms with Crippen LogP contribution in [0.3, 0.4) is 0 Å². The summed E-state index contributed by atoms with van der Waals surface area (Å²) in [7, 11) is 1.83. The van der Waals surface area contributed by atoms with Crippen LogP contribution >= 0.6 is 15.9 Å². The molecule has 1 N–H and O–H groups in total. The third-order valence-electron chi connectivity index (χ3n) is 2.61. The van der Waals surface area contributed by atoms with E-state index in [9.17, 15) is 4.79 Å². The van der Waals surface area contributed by atoms with E-state index in [2.05, 4.69) is 26.2 Å². The van der Waals surface area contributed by atoms with Gasteiger partial charge < -0.3 is 9.88 Å². The Morgan fingerprint density at radius 3 is 2.67 bits per heavy atom. The number of anilines is 1. The van der Waals surface area contributed by atoms with Crippen LogP contribution in [0.5, 0.6) is 0 Å². The molecule has 1 aromatic carbocycles. The lowest BCUT2D eigenvalue weighted by Crippen LogP contribution is -2.13. The number of carbonyl (C=O) groups is 1. The van der Waals surface area contributed by atoms with Gasteiger partial charge in [0.25, 0.3) is 5.91 Å². The zero-order valence-electron chi connectivity index (χ0n) is 10.5. The lowest BCUT2D eigenvalue weighted by molar-refractivity contribution is 0.102. The van der Waals surface area contributed by atoms with Crippen LogP contribution in [-0.2, 0) is 7.05 Å². The summed E-state index contributed by atoms with van der Waals surface area (Å²) in [5.74, 6) is -0.205. The summed E-state index contributed by atoms with van der Waals surface area (Å²) in [5.41, 5.74) is 3.36. The quantitative estimate of drug-likeness (QED) is 0.927. The minimum atomic E-state index is -0.205. The number of aromatic nitrogens is 2. The van der Waals surface area contributed by atoms with Gasteiger partial charge in [-0.25, -0.2) is 4.98 Å². The lowest BCUT2D eigenvalue weighted by Gasteiger charge is -2.10. The van der Waals surface area contributed by atoms with Crippen molar-refractivity contribution in [3.8, 4) is 0 Å². The van der Waals surface area contributed by atoms with E-state index in [0.29, 0.717) is 5.69 Å². The van der Waals surface area contributed by atoms with Crippen molar-refractivity contribution in [2.45, 2.75) is 13.8 Å². The van der Waals surface area contributed by atoms with Crippen LogP contribution in [0.1, 0.15) is 21.6 Å². The Bertz CT molecular complexity index is 581. The third kappa shape index (κ3) is 2.61. The van der Waals surface area contributed by atoms with Gasteiger partial charge in [-0.15, -0.1) is 0 Å². The van der Waals surface area contributed by atoms with Gasteiger partial charge in [0.2, 0.25) is 0 Å². The first kappa shape index (κ1) is 12.8. The zero-order valence-corrected chi connectivity index (χ0v) is 12.1. The Labute approximate surface area is 114 Å². The minimum Gasteiger partial charge on any atom is -0.340 e. The molecule has 0 aliphatic rings. The van der Waals surface area contributed by atoms with Crippen molar-refractivity contribution in [2.24, 2.45) is 7.05 Å². The van der Waals surface area contributed by atoms with Gasteiger partial charge in [-0.1, -0.05) is 6.07 Å². The molecule has 1 aromatic heterocycles. The van der Waals surface area contributed by atoms with Gasteiger partial charge >= 0.3 is 0 Å². The number of carbonyl (C=O) groups excluding carboxylic acids is 1. The predicted molar refractivity (Wildman–Crippen MR) is 74.8 cm³/mol. The maximum absolute atomic E-state index is 12.0. The summed E-state index contributed by atoms with van der Waals surface area (Å²) in [5, 5.41) is 2.87. The second-order valence-electron chi connectivity index (χ2n) is 4.32. The van der Waals surface area contributed by atoms with Gasteiger partial charge in [-0.3, -0.25) is 4.79 Å². The molecular formula is C13H14BrN3O. The molecule has 0 radical (unpaired) electrons. The van der Waals surface area contributed by atoms with Crippen molar-refractivity contribution in [1.82, 2.24) is 9.55 Å². The molecule has 0 fully saturated rings. The van der Waals surface area contributed by atoms with E-state index >= 15 is 0 Å². The number of aryl methyl sites for hydroxylation is 3. The second kappa shape index (κ2) is 4.94. The molecule has 0 saturated heterocycles. The lowest BCUT2D eigenvalue weighted by atomic mass is 10.1. The van der Waals surface area contributed by atoms with E-state index in [-0.39, 0.29) is 5.91 Å². The molecule has 0 spiro atoms. The molecule has 0 atom stereocenters. The summed E-state index contributed by atoms with van der Waals surface area (Å²) < 4.78 is 2.62. The van der Waals surface area contributed by atoms with Gasteiger partial charge in [-0.2, -0.15) is 0 Å². The van der Waals surface area contributed by atoms with E-state index < -0.39 is 0 Å². The van der Waals surface area contributed by atoms with Crippen LogP contribution in [0.25, 0.3) is 0 Å². The number of halogens is 1. The fourth-order valence-corrected chi connectivity index (χ4v) is 2.55. The van der Waals surface area contributed by atoms with Crippen LogP contribution in [0.4, 0.5) is 5.69 Å². The summed E-state index contributed by atoms with van der Waals surface area (Å²) >= 11 is 3.46. The SMILES string of the molecule is Cc1cc(C)c(NC(=O)c2cn(C)cn2)c(Br)c1. The number of benzene rings is 1. The Kier molecular flexibility index (Phi) is 3.52. The van der Waals surface area contributed by atoms with Crippen LogP contribution in [0.2, 0.25) is 0 Å². The molecule has 1 heterocycles. The zero-order chi connectivity index (χ0) is 13.3. The third-order valence-corrected chi connectivity index (χ3v) is 3.23. The van der Waals surface area contributed by atoms with E-state index in [1.54, 1.807) is 17.1 Å². The van der Waals surface area contributed by atoms with Gasteiger partial charge in [-0.05, 0) is 47.0 Å². The summed E-state index contributed by atoms with van der Waals surface area (Å²) in [6.07, 6.45) is 3.29. The molecule has 4 nitrogen and oxygen atoms in total. The van der Waals surface area contributed by atoms with E-state index in [0.717, 1.165) is 21.3 Å². The molecule has 18 heavy (non-hydrogen) atoms. The predicted octanol–water partition coefficient (Wildman–Crippen LogP) is 3.05. The molecule has 1 amide bonds. The molecule has 0 unspecified atom stereocenters. The largest absolute Gasteiger partial charge is 0.340 e. The highest BCUT2D eigenvalue weighted by atomic mass is 79.9. The number of rotatable bonds is 2. The second-order valence-corrected chi connectivity index (χ2v) is 5.17. The number of hydrogen-bond acceptors (Lipinski definition) is 2. The number of nitrogens with one attached hydrogen (secondary N) is 1. The standard InChI is InChI=1S/C13H14BrN3O/c1-8-4-9(2)12(10(14)5-8)16-13(18)11-6-17(3)7-15-11/h4-7H,1-3H3,(H,16,18). The average molecular weight is 308 g/mol. The van der Waals surface area contributed by atoms with Crippen molar-refractivity contribution in [2.75, 3.05) is 5.32 Å². The van der Waals surface area contributed by atoms with Gasteiger partial charge in [0.1, 0.15) is 5.69 Å². The minimum absolute atomic E-state index is 0.205. The number of hydrogen-bond donors (Lipinski definition) is 1. The molecule has 0 aliphatic heterocycles. The maximum Gasteiger partial charge on any atom is 0.275 e. The monoisotopic (exact) mass is 307 g/mol. The van der Waals surface area contributed by atoms with Crippen LogP contribution in [0, 0.1) is 13.8 Å². The maximum atomic E-state index is 12.0. The highest BCUT2D eigenvalue weighted by Gasteiger charge is 2.12. The molecule has 5 heteroatoms. The van der Waals surface area contributed by atoms with Crippen molar-refractivity contribution in [3.05, 3.63) is 46.0 Å². The van der Waals surface area contributed by atoms with Crippen molar-refractivity contribution < 1.29 is 4.79 Å². The number of imidazole rings is 1. The Morgan fingerprint density at radius 2 is 2.11 bits per heavy atom. The molecule has 0 bridgehead atoms. The van der Waals surface area contributed by atoms with E-state index in [1.165, 1.54) is 0 Å². The van der Waals surface area contributed by atoms with Crippen molar-refractivity contribution in [1.29, 1.82) is 0 Å². The van der Waals surface area contributed by atoms with E-state index in [1.807, 2.05) is 33.0 Å². The first-order valence-corrected chi connectivity index (χ1v) is 6.32. The fraction of sp³-hybridized carbons (Fsp3) is 0.231. The molecule has 94 valence electrons. The average Bonchev–Trinajstić information content (AvgIpc) is 2.70. The molecule has 0 aliphatic carbocycles. The first-order chi connectivity index (χ1) is 8.47. The Hall–Kier alpha value is -1.62. The number of amides is 1. The summed E-state index contributed by atoms with van der Waals surface area (Å²) in [6.45, 7) is 3.98. The molecule has 2 rings (SSSR count). The topological polar surface area (TPSA) is 46.9 Å². The first-order valence-electron chi connectivity index (χ1n) is 5.53. The van der Waals surface area contributed by atoms with Gasteiger partial charge in [0, 0.05) is 17.7 Å². The molecule has 0 saturated carbocycles.